The molecule has 1 nitrogen and oxygen atoms in total. The maximum atomic E-state index is 13.1. The van der Waals surface area contributed by atoms with Crippen molar-refractivity contribution in [2.24, 2.45) is 0 Å². The second kappa shape index (κ2) is 5.33. The maximum absolute atomic E-state index is 13.1. The van der Waals surface area contributed by atoms with Gasteiger partial charge in [0.2, 0.25) is 0 Å². The van der Waals surface area contributed by atoms with Crippen LogP contribution in [0.1, 0.15) is 26.3 Å². The molecule has 0 aliphatic rings. The van der Waals surface area contributed by atoms with Gasteiger partial charge < -0.3 is 5.32 Å². The van der Waals surface area contributed by atoms with E-state index in [1.165, 1.54) is 17.7 Å². The molecule has 0 heterocycles. The molecular weight excluding hydrogens is 305 g/mol. The molecule has 0 unspecified atom stereocenters. The molecule has 19 heavy (non-hydrogen) atoms. The van der Waals surface area contributed by atoms with Gasteiger partial charge in [-0.05, 0) is 57.2 Å². The average Bonchev–Trinajstić information content (AvgIpc) is 2.30. The molecule has 100 valence electrons. The fourth-order valence-corrected chi connectivity index (χ4v) is 2.28. The Morgan fingerprint density at radius 2 is 1.79 bits per heavy atom. The van der Waals surface area contributed by atoms with E-state index in [1.807, 2.05) is 12.1 Å². The molecule has 0 fully saturated rings. The van der Waals surface area contributed by atoms with Crippen molar-refractivity contribution >= 4 is 27.3 Å². The molecule has 0 saturated heterocycles. The minimum absolute atomic E-state index is 0.111. The Morgan fingerprint density at radius 3 is 2.37 bits per heavy atom. The van der Waals surface area contributed by atoms with Crippen molar-refractivity contribution in [2.75, 3.05) is 5.32 Å². The molecule has 3 heteroatoms. The number of benzene rings is 2. The molecule has 2 aromatic carbocycles. The van der Waals surface area contributed by atoms with E-state index < -0.39 is 0 Å². The summed E-state index contributed by atoms with van der Waals surface area (Å²) >= 11 is 3.56. The zero-order chi connectivity index (χ0) is 14.0. The van der Waals surface area contributed by atoms with Crippen LogP contribution in [0.5, 0.6) is 0 Å². The van der Waals surface area contributed by atoms with Crippen LogP contribution in [0.2, 0.25) is 0 Å². The molecule has 2 aromatic rings. The van der Waals surface area contributed by atoms with Gasteiger partial charge in [-0.2, -0.15) is 0 Å². The minimum atomic E-state index is -0.243. The second-order valence-electron chi connectivity index (χ2n) is 5.58. The summed E-state index contributed by atoms with van der Waals surface area (Å²) < 4.78 is 14.1. The molecule has 0 aliphatic carbocycles. The quantitative estimate of drug-likeness (QED) is 0.755. The van der Waals surface area contributed by atoms with Crippen LogP contribution in [0.25, 0.3) is 0 Å². The topological polar surface area (TPSA) is 12.0 Å². The van der Waals surface area contributed by atoms with Gasteiger partial charge in [0.25, 0.3) is 0 Å². The van der Waals surface area contributed by atoms with Gasteiger partial charge >= 0.3 is 0 Å². The highest BCUT2D eigenvalue weighted by Gasteiger charge is 2.14. The highest BCUT2D eigenvalue weighted by atomic mass is 79.9. The van der Waals surface area contributed by atoms with Crippen LogP contribution in [0, 0.1) is 5.82 Å². The van der Waals surface area contributed by atoms with Crippen molar-refractivity contribution in [1.82, 2.24) is 0 Å². The van der Waals surface area contributed by atoms with E-state index in [-0.39, 0.29) is 11.2 Å². The second-order valence-corrected chi connectivity index (χ2v) is 6.43. The zero-order valence-electron chi connectivity index (χ0n) is 11.3. The molecule has 0 bridgehead atoms. The summed E-state index contributed by atoms with van der Waals surface area (Å²) in [5, 5.41) is 3.20. The fourth-order valence-electron chi connectivity index (χ4n) is 1.80. The first-order chi connectivity index (χ1) is 8.86. The van der Waals surface area contributed by atoms with Crippen LogP contribution < -0.4 is 5.32 Å². The summed E-state index contributed by atoms with van der Waals surface area (Å²) in [6.07, 6.45) is 0. The Labute approximate surface area is 122 Å². The first-order valence-electron chi connectivity index (χ1n) is 6.19. The maximum Gasteiger partial charge on any atom is 0.125 e. The molecule has 0 amide bonds. The molecule has 1 N–H and O–H groups in total. The third kappa shape index (κ3) is 3.57. The molecule has 2 rings (SSSR count). The lowest BCUT2D eigenvalue weighted by atomic mass is 9.87. The van der Waals surface area contributed by atoms with Crippen molar-refractivity contribution in [3.8, 4) is 0 Å². The molecule has 0 aliphatic heterocycles. The number of hydrogen-bond donors (Lipinski definition) is 1. The van der Waals surface area contributed by atoms with Crippen LogP contribution in [0.4, 0.5) is 15.8 Å². The molecular formula is C16H17BrFN. The third-order valence-corrected chi connectivity index (χ3v) is 3.59. The summed E-state index contributed by atoms with van der Waals surface area (Å²) in [5.74, 6) is -0.243. The summed E-state index contributed by atoms with van der Waals surface area (Å²) in [5.41, 5.74) is 3.03. The van der Waals surface area contributed by atoms with Gasteiger partial charge in [0.15, 0.2) is 0 Å². The Kier molecular flexibility index (Phi) is 3.95. The van der Waals surface area contributed by atoms with Crippen LogP contribution in [-0.4, -0.2) is 0 Å². The lowest BCUT2D eigenvalue weighted by Crippen LogP contribution is -2.11. The van der Waals surface area contributed by atoms with E-state index in [1.54, 1.807) is 6.07 Å². The zero-order valence-corrected chi connectivity index (χ0v) is 12.9. The summed E-state index contributed by atoms with van der Waals surface area (Å²) in [7, 11) is 0. The van der Waals surface area contributed by atoms with E-state index in [0.29, 0.717) is 0 Å². The van der Waals surface area contributed by atoms with Crippen LogP contribution >= 0.6 is 15.9 Å². The van der Waals surface area contributed by atoms with Gasteiger partial charge in [0, 0.05) is 10.2 Å². The Balaban J connectivity index is 2.27. The number of halogens is 2. The summed E-state index contributed by atoms with van der Waals surface area (Å²) in [6.45, 7) is 6.53. The van der Waals surface area contributed by atoms with E-state index in [9.17, 15) is 4.39 Å². The van der Waals surface area contributed by atoms with E-state index in [0.717, 1.165) is 15.8 Å². The molecule has 0 saturated carbocycles. The Bertz CT molecular complexity index is 588. The van der Waals surface area contributed by atoms with Crippen LogP contribution in [-0.2, 0) is 5.41 Å². The monoisotopic (exact) mass is 321 g/mol. The first-order valence-corrected chi connectivity index (χ1v) is 6.98. The molecule has 0 radical (unpaired) electrons. The third-order valence-electron chi connectivity index (χ3n) is 2.94. The van der Waals surface area contributed by atoms with E-state index >= 15 is 0 Å². The Hall–Kier alpha value is -1.35. The average molecular weight is 322 g/mol. The Morgan fingerprint density at radius 1 is 1.05 bits per heavy atom. The van der Waals surface area contributed by atoms with Gasteiger partial charge in [0.05, 0.1) is 5.69 Å². The van der Waals surface area contributed by atoms with Gasteiger partial charge in [-0.25, -0.2) is 4.39 Å². The van der Waals surface area contributed by atoms with Gasteiger partial charge in [-0.3, -0.25) is 0 Å². The van der Waals surface area contributed by atoms with Crippen molar-refractivity contribution in [3.05, 3.63) is 58.3 Å². The highest BCUT2D eigenvalue weighted by Crippen LogP contribution is 2.31. The van der Waals surface area contributed by atoms with Crippen molar-refractivity contribution in [2.45, 2.75) is 26.2 Å². The number of anilines is 2. The van der Waals surface area contributed by atoms with Crippen molar-refractivity contribution in [1.29, 1.82) is 0 Å². The molecule has 0 spiro atoms. The SMILES string of the molecule is CC(C)(C)c1ccc(Nc2cccc(F)c2)c(Br)c1. The smallest absolute Gasteiger partial charge is 0.125 e. The minimum Gasteiger partial charge on any atom is -0.355 e. The lowest BCUT2D eigenvalue weighted by molar-refractivity contribution is 0.590. The highest BCUT2D eigenvalue weighted by molar-refractivity contribution is 9.10. The normalized spacial score (nSPS) is 11.4. The predicted molar refractivity (Wildman–Crippen MR) is 82.5 cm³/mol. The largest absolute Gasteiger partial charge is 0.355 e. The number of rotatable bonds is 2. The van der Waals surface area contributed by atoms with E-state index in [4.69, 9.17) is 0 Å². The van der Waals surface area contributed by atoms with Crippen LogP contribution in [0.15, 0.2) is 46.9 Å². The lowest BCUT2D eigenvalue weighted by Gasteiger charge is -2.20. The predicted octanol–water partition coefficient (Wildman–Crippen LogP) is 5.63. The molecule has 0 aromatic heterocycles. The summed E-state index contributed by atoms with van der Waals surface area (Å²) in [6, 6.07) is 12.6. The fraction of sp³-hybridized carbons (Fsp3) is 0.250. The van der Waals surface area contributed by atoms with Crippen molar-refractivity contribution < 1.29 is 4.39 Å². The van der Waals surface area contributed by atoms with Crippen molar-refractivity contribution in [3.63, 3.8) is 0 Å². The first kappa shape index (κ1) is 14.1. The van der Waals surface area contributed by atoms with E-state index in [2.05, 4.69) is 54.2 Å². The standard InChI is InChI=1S/C16H17BrFN/c1-16(2,3)11-7-8-15(14(17)9-11)19-13-6-4-5-12(18)10-13/h4-10,19H,1-3H3. The van der Waals surface area contributed by atoms with Gasteiger partial charge in [0.1, 0.15) is 5.82 Å². The van der Waals surface area contributed by atoms with Crippen LogP contribution in [0.3, 0.4) is 0 Å². The number of hydrogen-bond acceptors (Lipinski definition) is 1. The van der Waals surface area contributed by atoms with Gasteiger partial charge in [-0.1, -0.05) is 32.9 Å². The number of nitrogens with one attached hydrogen (secondary N) is 1. The molecule has 0 atom stereocenters. The van der Waals surface area contributed by atoms with Gasteiger partial charge in [-0.15, -0.1) is 0 Å². The summed E-state index contributed by atoms with van der Waals surface area (Å²) in [4.78, 5) is 0.